The number of hydrogen-bond acceptors (Lipinski definition) is 3. The van der Waals surface area contributed by atoms with E-state index in [4.69, 9.17) is 0 Å². The predicted octanol–water partition coefficient (Wildman–Crippen LogP) is 4.22. The largest absolute Gasteiger partial charge is 0.351 e. The third kappa shape index (κ3) is 4.59. The molecule has 0 aliphatic rings. The molecule has 27 heavy (non-hydrogen) atoms. The van der Waals surface area contributed by atoms with Crippen molar-refractivity contribution >= 4 is 5.91 Å². The Bertz CT molecular complexity index is 847. The van der Waals surface area contributed by atoms with Crippen LogP contribution in [0.3, 0.4) is 0 Å². The highest BCUT2D eigenvalue weighted by Crippen LogP contribution is 2.26. The quantitative estimate of drug-likeness (QED) is 0.742. The Morgan fingerprint density at radius 1 is 0.963 bits per heavy atom. The van der Waals surface area contributed by atoms with Gasteiger partial charge in [0.25, 0.3) is 0 Å². The van der Waals surface area contributed by atoms with E-state index in [1.807, 2.05) is 60.7 Å². The van der Waals surface area contributed by atoms with Gasteiger partial charge in [0.1, 0.15) is 6.33 Å². The molecular formula is C23H25N3O. The maximum atomic E-state index is 13.1. The monoisotopic (exact) mass is 359 g/mol. The van der Waals surface area contributed by atoms with Crippen molar-refractivity contribution in [2.24, 2.45) is 0 Å². The molecule has 1 aromatic heterocycles. The maximum Gasteiger partial charge on any atom is 0.232 e. The van der Waals surface area contributed by atoms with Crippen molar-refractivity contribution in [3.05, 3.63) is 95.6 Å². The Kier molecular flexibility index (Phi) is 5.65. The third-order valence-electron chi connectivity index (χ3n) is 4.48. The van der Waals surface area contributed by atoms with Gasteiger partial charge in [-0.2, -0.15) is 0 Å². The van der Waals surface area contributed by atoms with Gasteiger partial charge < -0.3 is 5.32 Å². The minimum Gasteiger partial charge on any atom is -0.351 e. The summed E-state index contributed by atoms with van der Waals surface area (Å²) >= 11 is 0. The van der Waals surface area contributed by atoms with Crippen LogP contribution in [0, 0.1) is 0 Å². The molecule has 0 saturated heterocycles. The van der Waals surface area contributed by atoms with Crippen LogP contribution >= 0.6 is 0 Å². The van der Waals surface area contributed by atoms with E-state index in [1.54, 1.807) is 12.5 Å². The number of nitrogens with zero attached hydrogens (tertiary/aromatic N) is 2. The van der Waals surface area contributed by atoms with E-state index in [0.717, 1.165) is 22.4 Å². The number of aromatic nitrogens is 2. The zero-order valence-corrected chi connectivity index (χ0v) is 16.0. The fourth-order valence-electron chi connectivity index (χ4n) is 3.23. The van der Waals surface area contributed by atoms with Gasteiger partial charge in [0, 0.05) is 23.7 Å². The van der Waals surface area contributed by atoms with Crippen molar-refractivity contribution in [2.45, 2.75) is 38.6 Å². The maximum absolute atomic E-state index is 13.1. The van der Waals surface area contributed by atoms with Gasteiger partial charge in [-0.15, -0.1) is 0 Å². The topological polar surface area (TPSA) is 54.9 Å². The fourth-order valence-corrected chi connectivity index (χ4v) is 3.23. The summed E-state index contributed by atoms with van der Waals surface area (Å²) in [4.78, 5) is 21.7. The first-order chi connectivity index (χ1) is 13.0. The van der Waals surface area contributed by atoms with Crippen molar-refractivity contribution in [3.63, 3.8) is 0 Å². The Morgan fingerprint density at radius 2 is 1.52 bits per heavy atom. The lowest BCUT2D eigenvalue weighted by Crippen LogP contribution is -2.31. The Morgan fingerprint density at radius 3 is 2.04 bits per heavy atom. The summed E-state index contributed by atoms with van der Waals surface area (Å²) in [7, 11) is 0. The second kappa shape index (κ2) is 8.12. The van der Waals surface area contributed by atoms with Crippen LogP contribution in [0.15, 0.2) is 73.2 Å². The zero-order chi connectivity index (χ0) is 19.3. The fraction of sp³-hybridized carbons (Fsp3) is 0.261. The van der Waals surface area contributed by atoms with Gasteiger partial charge in [0.2, 0.25) is 5.91 Å². The lowest BCUT2D eigenvalue weighted by Gasteiger charge is -2.22. The second-order valence-corrected chi connectivity index (χ2v) is 7.62. The molecule has 1 heterocycles. The number of carbonyl (C=O) groups is 1. The number of benzene rings is 2. The molecule has 0 bridgehead atoms. The smallest absolute Gasteiger partial charge is 0.232 e. The van der Waals surface area contributed by atoms with Crippen molar-refractivity contribution < 1.29 is 4.79 Å². The molecule has 4 nitrogen and oxygen atoms in total. The molecule has 0 radical (unpaired) electrons. The average Bonchev–Trinajstić information content (AvgIpc) is 2.68. The van der Waals surface area contributed by atoms with Crippen molar-refractivity contribution in [2.75, 3.05) is 0 Å². The molecule has 0 saturated carbocycles. The van der Waals surface area contributed by atoms with Gasteiger partial charge in [-0.1, -0.05) is 81.4 Å². The molecule has 138 valence electrons. The van der Waals surface area contributed by atoms with Crippen LogP contribution in [0.2, 0.25) is 0 Å². The van der Waals surface area contributed by atoms with Gasteiger partial charge in [-0.3, -0.25) is 4.79 Å². The molecule has 0 unspecified atom stereocenters. The normalized spacial score (nSPS) is 11.4. The van der Waals surface area contributed by atoms with Crippen LogP contribution in [0.25, 0.3) is 0 Å². The third-order valence-corrected chi connectivity index (χ3v) is 4.48. The Hall–Kier alpha value is -3.01. The van der Waals surface area contributed by atoms with E-state index in [1.165, 1.54) is 0 Å². The van der Waals surface area contributed by atoms with Crippen LogP contribution < -0.4 is 5.32 Å². The lowest BCUT2D eigenvalue weighted by atomic mass is 9.88. The highest BCUT2D eigenvalue weighted by Gasteiger charge is 2.24. The summed E-state index contributed by atoms with van der Waals surface area (Å²) in [6, 6.07) is 19.7. The van der Waals surface area contributed by atoms with E-state index in [-0.39, 0.29) is 17.2 Å². The van der Waals surface area contributed by atoms with E-state index >= 15 is 0 Å². The molecule has 0 fully saturated rings. The van der Waals surface area contributed by atoms with Crippen molar-refractivity contribution in [1.82, 2.24) is 15.3 Å². The molecule has 3 rings (SSSR count). The minimum absolute atomic E-state index is 0.0314. The summed E-state index contributed by atoms with van der Waals surface area (Å²) in [6.07, 6.45) is 3.34. The van der Waals surface area contributed by atoms with Crippen LogP contribution in [0.4, 0.5) is 0 Å². The van der Waals surface area contributed by atoms with Gasteiger partial charge in [0.05, 0.1) is 11.6 Å². The lowest BCUT2D eigenvalue weighted by molar-refractivity contribution is -0.121. The van der Waals surface area contributed by atoms with Crippen LogP contribution in [0.1, 0.15) is 49.1 Å². The number of carbonyl (C=O) groups excluding carboxylic acids is 1. The molecule has 0 spiro atoms. The average molecular weight is 359 g/mol. The first-order valence-electron chi connectivity index (χ1n) is 9.14. The van der Waals surface area contributed by atoms with E-state index in [2.05, 4.69) is 36.1 Å². The standard InChI is InChI=1S/C23H25N3O/c1-23(2,3)21-19(14-24-16-26-21)15-25-22(27)20(17-10-6-4-7-11-17)18-12-8-5-9-13-18/h4-14,16,20H,15H2,1-3H3,(H,25,27). The van der Waals surface area contributed by atoms with Crippen molar-refractivity contribution in [1.29, 1.82) is 0 Å². The number of rotatable bonds is 5. The Labute approximate surface area is 160 Å². The summed E-state index contributed by atoms with van der Waals surface area (Å²) in [5, 5.41) is 3.09. The summed E-state index contributed by atoms with van der Waals surface area (Å²) < 4.78 is 0. The van der Waals surface area contributed by atoms with E-state index in [0.29, 0.717) is 6.54 Å². The molecule has 0 aliphatic heterocycles. The highest BCUT2D eigenvalue weighted by atomic mass is 16.1. The molecule has 0 atom stereocenters. The number of hydrogen-bond donors (Lipinski definition) is 1. The minimum atomic E-state index is -0.352. The highest BCUT2D eigenvalue weighted by molar-refractivity contribution is 5.87. The first-order valence-corrected chi connectivity index (χ1v) is 9.14. The molecule has 4 heteroatoms. The number of nitrogens with one attached hydrogen (secondary N) is 1. The van der Waals surface area contributed by atoms with Gasteiger partial charge in [-0.25, -0.2) is 9.97 Å². The number of amides is 1. The predicted molar refractivity (Wildman–Crippen MR) is 107 cm³/mol. The zero-order valence-electron chi connectivity index (χ0n) is 16.0. The molecule has 0 aliphatic carbocycles. The first kappa shape index (κ1) is 18.8. The SMILES string of the molecule is CC(C)(C)c1ncncc1CNC(=O)C(c1ccccc1)c1ccccc1. The van der Waals surface area contributed by atoms with Gasteiger partial charge in [0.15, 0.2) is 0 Å². The summed E-state index contributed by atoms with van der Waals surface area (Å²) in [6.45, 7) is 6.73. The van der Waals surface area contributed by atoms with E-state index < -0.39 is 0 Å². The second-order valence-electron chi connectivity index (χ2n) is 7.62. The van der Waals surface area contributed by atoms with Gasteiger partial charge in [-0.05, 0) is 11.1 Å². The van der Waals surface area contributed by atoms with E-state index in [9.17, 15) is 4.79 Å². The Balaban J connectivity index is 1.85. The molecule has 1 amide bonds. The van der Waals surface area contributed by atoms with Crippen LogP contribution in [-0.4, -0.2) is 15.9 Å². The van der Waals surface area contributed by atoms with Crippen LogP contribution in [0.5, 0.6) is 0 Å². The molecule has 2 aromatic carbocycles. The van der Waals surface area contributed by atoms with Crippen molar-refractivity contribution in [3.8, 4) is 0 Å². The van der Waals surface area contributed by atoms with Crippen LogP contribution in [-0.2, 0) is 16.8 Å². The molecular weight excluding hydrogens is 334 g/mol. The molecule has 3 aromatic rings. The summed E-state index contributed by atoms with van der Waals surface area (Å²) in [5.74, 6) is -0.383. The molecule has 1 N–H and O–H groups in total. The summed E-state index contributed by atoms with van der Waals surface area (Å²) in [5.41, 5.74) is 3.73. The van der Waals surface area contributed by atoms with Gasteiger partial charge >= 0.3 is 0 Å².